The van der Waals surface area contributed by atoms with Gasteiger partial charge >= 0.3 is 5.97 Å². The van der Waals surface area contributed by atoms with E-state index in [1.54, 1.807) is 17.6 Å². The van der Waals surface area contributed by atoms with E-state index in [2.05, 4.69) is 11.6 Å². The minimum atomic E-state index is -0.697. The van der Waals surface area contributed by atoms with Crippen LogP contribution >= 0.6 is 11.3 Å². The number of carbonyl (C=O) groups excluding carboxylic acids is 1. The fraction of sp³-hybridized carbons (Fsp3) is 0.121. The van der Waals surface area contributed by atoms with Gasteiger partial charge in [-0.3, -0.25) is 9.36 Å². The summed E-state index contributed by atoms with van der Waals surface area (Å²) in [5, 5.41) is 0. The van der Waals surface area contributed by atoms with E-state index in [4.69, 9.17) is 9.47 Å². The SMILES string of the molecule is C=CCOC(=O)C1=C(C)N=c2sc(=CC=Cc3ccccc3)c(=O)n2C1c1ccc(OCc2ccccc2)cc1. The van der Waals surface area contributed by atoms with Crippen LogP contribution in [-0.2, 0) is 16.1 Å². The van der Waals surface area contributed by atoms with E-state index >= 15 is 0 Å². The van der Waals surface area contributed by atoms with Gasteiger partial charge in [-0.1, -0.05) is 109 Å². The quantitative estimate of drug-likeness (QED) is 0.213. The number of aromatic nitrogens is 1. The maximum atomic E-state index is 13.7. The molecule has 4 aromatic rings. The fourth-order valence-electron chi connectivity index (χ4n) is 4.42. The first-order valence-corrected chi connectivity index (χ1v) is 13.7. The van der Waals surface area contributed by atoms with Gasteiger partial charge in [-0.15, -0.1) is 0 Å². The number of benzene rings is 3. The third-order valence-electron chi connectivity index (χ3n) is 6.35. The topological polar surface area (TPSA) is 69.9 Å². The molecule has 0 aliphatic carbocycles. The second kappa shape index (κ2) is 12.4. The second-order valence-electron chi connectivity index (χ2n) is 9.10. The van der Waals surface area contributed by atoms with Crippen LogP contribution in [0.5, 0.6) is 5.75 Å². The van der Waals surface area contributed by atoms with E-state index in [-0.39, 0.29) is 12.2 Å². The predicted octanol–water partition coefficient (Wildman–Crippen LogP) is 5.21. The maximum Gasteiger partial charge on any atom is 0.338 e. The Morgan fingerprint density at radius 1 is 1.02 bits per heavy atom. The number of hydrogen-bond donors (Lipinski definition) is 0. The highest BCUT2D eigenvalue weighted by molar-refractivity contribution is 7.07. The average molecular weight is 549 g/mol. The van der Waals surface area contributed by atoms with Gasteiger partial charge in [-0.25, -0.2) is 9.79 Å². The number of thiazole rings is 1. The summed E-state index contributed by atoms with van der Waals surface area (Å²) in [7, 11) is 0. The van der Waals surface area contributed by atoms with Gasteiger partial charge in [-0.2, -0.15) is 0 Å². The van der Waals surface area contributed by atoms with E-state index in [1.165, 1.54) is 17.4 Å². The first-order chi connectivity index (χ1) is 19.5. The van der Waals surface area contributed by atoms with Crippen molar-refractivity contribution in [2.75, 3.05) is 6.61 Å². The third-order valence-corrected chi connectivity index (χ3v) is 7.36. The summed E-state index contributed by atoms with van der Waals surface area (Å²) in [6.07, 6.45) is 7.08. The van der Waals surface area contributed by atoms with E-state index in [9.17, 15) is 9.59 Å². The minimum Gasteiger partial charge on any atom is -0.489 e. The van der Waals surface area contributed by atoms with Crippen LogP contribution in [-0.4, -0.2) is 17.1 Å². The van der Waals surface area contributed by atoms with Crippen molar-refractivity contribution in [1.82, 2.24) is 4.57 Å². The number of esters is 1. The molecule has 0 amide bonds. The predicted molar refractivity (Wildman–Crippen MR) is 159 cm³/mol. The molecule has 0 saturated heterocycles. The largest absolute Gasteiger partial charge is 0.489 e. The molecule has 5 rings (SSSR count). The van der Waals surface area contributed by atoms with Crippen molar-refractivity contribution in [2.45, 2.75) is 19.6 Å². The first-order valence-electron chi connectivity index (χ1n) is 12.8. The van der Waals surface area contributed by atoms with Crippen LogP contribution in [0.1, 0.15) is 29.7 Å². The molecule has 1 unspecified atom stereocenters. The molecule has 0 saturated carbocycles. The molecule has 7 heteroatoms. The lowest BCUT2D eigenvalue weighted by molar-refractivity contribution is -0.138. The number of hydrogen-bond acceptors (Lipinski definition) is 6. The highest BCUT2D eigenvalue weighted by Crippen LogP contribution is 2.31. The summed E-state index contributed by atoms with van der Waals surface area (Å²) in [6.45, 7) is 5.89. The molecule has 40 heavy (non-hydrogen) atoms. The molecule has 0 bridgehead atoms. The fourth-order valence-corrected chi connectivity index (χ4v) is 5.42. The smallest absolute Gasteiger partial charge is 0.338 e. The van der Waals surface area contributed by atoms with Crippen LogP contribution in [0.3, 0.4) is 0 Å². The number of carbonyl (C=O) groups is 1. The molecule has 3 aromatic carbocycles. The van der Waals surface area contributed by atoms with Crippen LogP contribution in [0, 0.1) is 0 Å². The first kappa shape index (κ1) is 26.8. The standard InChI is InChI=1S/C33H28N2O4S/c1-3-21-38-32(37)29-23(2)34-33-35(31(36)28(40-33)16-10-15-24-11-6-4-7-12-24)30(29)26-17-19-27(20-18-26)39-22-25-13-8-5-9-14-25/h3-20,30H,1,21-22H2,2H3. The molecule has 0 radical (unpaired) electrons. The van der Waals surface area contributed by atoms with E-state index in [1.807, 2.05) is 97.1 Å². The van der Waals surface area contributed by atoms with Crippen LogP contribution in [0.2, 0.25) is 0 Å². The Labute approximate surface area is 236 Å². The molecule has 2 heterocycles. The number of allylic oxidation sites excluding steroid dienone is 2. The Balaban J connectivity index is 1.52. The van der Waals surface area contributed by atoms with Crippen molar-refractivity contribution in [3.05, 3.63) is 151 Å². The van der Waals surface area contributed by atoms with Crippen LogP contribution in [0.15, 0.2) is 125 Å². The summed E-state index contributed by atoms with van der Waals surface area (Å²) < 4.78 is 13.5. The lowest BCUT2D eigenvalue weighted by atomic mass is 9.96. The lowest BCUT2D eigenvalue weighted by Crippen LogP contribution is -2.39. The normalized spacial score (nSPS) is 15.0. The highest BCUT2D eigenvalue weighted by atomic mass is 32.1. The molecule has 0 fully saturated rings. The molecule has 1 atom stereocenters. The Kier molecular flexibility index (Phi) is 8.32. The summed E-state index contributed by atoms with van der Waals surface area (Å²) in [6, 6.07) is 26.5. The number of nitrogens with zero attached hydrogens (tertiary/aromatic N) is 2. The summed E-state index contributed by atoms with van der Waals surface area (Å²) in [5.41, 5.74) is 3.44. The average Bonchev–Trinajstić information content (AvgIpc) is 3.29. The molecule has 1 aliphatic rings. The van der Waals surface area contributed by atoms with Crippen LogP contribution in [0.25, 0.3) is 12.2 Å². The van der Waals surface area contributed by atoms with Gasteiger partial charge in [0, 0.05) is 0 Å². The maximum absolute atomic E-state index is 13.7. The molecule has 0 spiro atoms. The lowest BCUT2D eigenvalue weighted by Gasteiger charge is -2.24. The summed E-state index contributed by atoms with van der Waals surface area (Å²) >= 11 is 1.29. The van der Waals surface area contributed by atoms with Gasteiger partial charge in [0.05, 0.1) is 21.8 Å². The minimum absolute atomic E-state index is 0.0588. The van der Waals surface area contributed by atoms with Crippen molar-refractivity contribution >= 4 is 29.5 Å². The van der Waals surface area contributed by atoms with Crippen molar-refractivity contribution in [3.63, 3.8) is 0 Å². The van der Waals surface area contributed by atoms with Crippen LogP contribution < -0.4 is 19.6 Å². The Morgan fingerprint density at radius 3 is 2.42 bits per heavy atom. The van der Waals surface area contributed by atoms with E-state index < -0.39 is 12.0 Å². The van der Waals surface area contributed by atoms with Gasteiger partial charge in [0.2, 0.25) is 0 Å². The zero-order chi connectivity index (χ0) is 27.9. The Hall–Kier alpha value is -4.75. The van der Waals surface area contributed by atoms with Gasteiger partial charge in [0.15, 0.2) is 4.80 Å². The monoisotopic (exact) mass is 548 g/mol. The zero-order valence-electron chi connectivity index (χ0n) is 22.0. The van der Waals surface area contributed by atoms with Crippen molar-refractivity contribution in [1.29, 1.82) is 0 Å². The van der Waals surface area contributed by atoms with Crippen molar-refractivity contribution in [3.8, 4) is 5.75 Å². The summed E-state index contributed by atoms with van der Waals surface area (Å²) in [4.78, 5) is 32.0. The molecular formula is C33H28N2O4S. The number of rotatable bonds is 9. The Morgan fingerprint density at radius 2 is 1.73 bits per heavy atom. The van der Waals surface area contributed by atoms with Gasteiger partial charge in [0.25, 0.3) is 5.56 Å². The molecule has 1 aromatic heterocycles. The van der Waals surface area contributed by atoms with E-state index in [0.29, 0.717) is 33.0 Å². The molecular weight excluding hydrogens is 520 g/mol. The van der Waals surface area contributed by atoms with Gasteiger partial charge in [0.1, 0.15) is 19.0 Å². The molecule has 200 valence electrons. The molecule has 0 N–H and O–H groups in total. The van der Waals surface area contributed by atoms with Crippen molar-refractivity contribution in [2.24, 2.45) is 4.99 Å². The Bertz CT molecular complexity index is 1750. The summed E-state index contributed by atoms with van der Waals surface area (Å²) in [5.74, 6) is 0.149. The molecule has 6 nitrogen and oxygen atoms in total. The van der Waals surface area contributed by atoms with Crippen LogP contribution in [0.4, 0.5) is 0 Å². The number of fused-ring (bicyclic) bond motifs is 1. The van der Waals surface area contributed by atoms with E-state index in [0.717, 1.165) is 16.7 Å². The van der Waals surface area contributed by atoms with Gasteiger partial charge in [-0.05, 0) is 41.8 Å². The number of ether oxygens (including phenoxy) is 2. The highest BCUT2D eigenvalue weighted by Gasteiger charge is 2.33. The van der Waals surface area contributed by atoms with Gasteiger partial charge < -0.3 is 9.47 Å². The molecule has 1 aliphatic heterocycles. The zero-order valence-corrected chi connectivity index (χ0v) is 22.8. The van der Waals surface area contributed by atoms with Crippen molar-refractivity contribution < 1.29 is 14.3 Å². The second-order valence-corrected chi connectivity index (χ2v) is 10.1. The third kappa shape index (κ3) is 5.95.